The van der Waals surface area contributed by atoms with Gasteiger partial charge in [-0.2, -0.15) is 0 Å². The number of amides is 2. The lowest BCUT2D eigenvalue weighted by molar-refractivity contribution is -0.121. The van der Waals surface area contributed by atoms with Gasteiger partial charge < -0.3 is 16.4 Å². The summed E-state index contributed by atoms with van der Waals surface area (Å²) in [4.78, 5) is 23.1. The molecule has 0 radical (unpaired) electrons. The van der Waals surface area contributed by atoms with Crippen LogP contribution in [-0.4, -0.2) is 24.4 Å². The molecule has 0 spiro atoms. The van der Waals surface area contributed by atoms with Crippen molar-refractivity contribution in [2.45, 2.75) is 32.7 Å². The Morgan fingerprint density at radius 2 is 2.05 bits per heavy atom. The predicted molar refractivity (Wildman–Crippen MR) is 83.4 cm³/mol. The van der Waals surface area contributed by atoms with Crippen LogP contribution in [-0.2, 0) is 9.59 Å². The van der Waals surface area contributed by atoms with Gasteiger partial charge in [-0.1, -0.05) is 22.0 Å². The fourth-order valence-corrected chi connectivity index (χ4v) is 1.98. The van der Waals surface area contributed by atoms with E-state index in [0.717, 1.165) is 15.7 Å². The lowest BCUT2D eigenvalue weighted by Gasteiger charge is -2.10. The van der Waals surface area contributed by atoms with Crippen LogP contribution in [0.1, 0.15) is 25.3 Å². The van der Waals surface area contributed by atoms with E-state index in [0.29, 0.717) is 6.54 Å². The van der Waals surface area contributed by atoms with Crippen LogP contribution in [0.15, 0.2) is 22.7 Å². The highest BCUT2D eigenvalue weighted by Crippen LogP contribution is 2.20. The van der Waals surface area contributed by atoms with Crippen molar-refractivity contribution in [3.63, 3.8) is 0 Å². The minimum atomic E-state index is -0.173. The van der Waals surface area contributed by atoms with E-state index >= 15 is 0 Å². The first-order chi connectivity index (χ1) is 9.38. The number of carbonyl (C=O) groups is 2. The third-order valence-corrected chi connectivity index (χ3v) is 3.15. The highest BCUT2D eigenvalue weighted by atomic mass is 79.9. The second kappa shape index (κ2) is 8.01. The quantitative estimate of drug-likeness (QED) is 0.739. The average molecular weight is 342 g/mol. The van der Waals surface area contributed by atoms with Gasteiger partial charge in [-0.05, 0) is 31.5 Å². The van der Waals surface area contributed by atoms with Crippen LogP contribution in [0.25, 0.3) is 0 Å². The van der Waals surface area contributed by atoms with Crippen LogP contribution >= 0.6 is 15.9 Å². The largest absolute Gasteiger partial charge is 0.356 e. The molecule has 0 fully saturated rings. The molecule has 0 aliphatic rings. The minimum Gasteiger partial charge on any atom is -0.356 e. The van der Waals surface area contributed by atoms with Crippen molar-refractivity contribution >= 4 is 33.4 Å². The molecule has 20 heavy (non-hydrogen) atoms. The first-order valence-corrected chi connectivity index (χ1v) is 7.26. The molecule has 1 unspecified atom stereocenters. The van der Waals surface area contributed by atoms with Crippen molar-refractivity contribution in [2.24, 2.45) is 5.73 Å². The molecular weight excluding hydrogens is 322 g/mol. The topological polar surface area (TPSA) is 84.2 Å². The molecule has 5 nitrogen and oxygen atoms in total. The van der Waals surface area contributed by atoms with E-state index < -0.39 is 0 Å². The number of anilines is 1. The molecule has 1 atom stereocenters. The average Bonchev–Trinajstić information content (AvgIpc) is 2.33. The van der Waals surface area contributed by atoms with Crippen LogP contribution < -0.4 is 16.4 Å². The lowest BCUT2D eigenvalue weighted by atomic mass is 10.2. The Kier molecular flexibility index (Phi) is 6.67. The molecule has 2 amide bonds. The van der Waals surface area contributed by atoms with Crippen molar-refractivity contribution < 1.29 is 9.59 Å². The SMILES string of the molecule is Cc1ccc(Br)cc1NC(=O)CCNC(=O)CC(C)N. The maximum Gasteiger partial charge on any atom is 0.226 e. The molecule has 0 heterocycles. The van der Waals surface area contributed by atoms with E-state index in [4.69, 9.17) is 5.73 Å². The smallest absolute Gasteiger partial charge is 0.226 e. The molecule has 0 saturated carbocycles. The van der Waals surface area contributed by atoms with Crippen LogP contribution in [0.3, 0.4) is 0 Å². The van der Waals surface area contributed by atoms with Gasteiger partial charge >= 0.3 is 0 Å². The summed E-state index contributed by atoms with van der Waals surface area (Å²) in [5.41, 5.74) is 7.27. The van der Waals surface area contributed by atoms with Gasteiger partial charge in [-0.15, -0.1) is 0 Å². The van der Waals surface area contributed by atoms with Gasteiger partial charge in [-0.25, -0.2) is 0 Å². The van der Waals surface area contributed by atoms with E-state index in [9.17, 15) is 9.59 Å². The molecule has 110 valence electrons. The summed E-state index contributed by atoms with van der Waals surface area (Å²) < 4.78 is 0.906. The van der Waals surface area contributed by atoms with Gasteiger partial charge in [0.1, 0.15) is 0 Å². The first kappa shape index (κ1) is 16.7. The maximum absolute atomic E-state index is 11.8. The van der Waals surface area contributed by atoms with E-state index in [-0.39, 0.29) is 30.7 Å². The summed E-state index contributed by atoms with van der Waals surface area (Å²) in [7, 11) is 0. The Hall–Kier alpha value is -1.40. The monoisotopic (exact) mass is 341 g/mol. The summed E-state index contributed by atoms with van der Waals surface area (Å²) >= 11 is 3.36. The van der Waals surface area contributed by atoms with Crippen molar-refractivity contribution in [1.29, 1.82) is 0 Å². The Morgan fingerprint density at radius 3 is 2.70 bits per heavy atom. The number of hydrogen-bond acceptors (Lipinski definition) is 3. The molecular formula is C14H20BrN3O2. The van der Waals surface area contributed by atoms with Crippen LogP contribution in [0.5, 0.6) is 0 Å². The Morgan fingerprint density at radius 1 is 1.35 bits per heavy atom. The molecule has 0 aliphatic heterocycles. The standard InChI is InChI=1S/C14H20BrN3O2/c1-9-3-4-11(15)8-12(9)18-13(19)5-6-17-14(20)7-10(2)16/h3-4,8,10H,5-7,16H2,1-2H3,(H,17,20)(H,18,19). The van der Waals surface area contributed by atoms with E-state index in [1.165, 1.54) is 0 Å². The van der Waals surface area contributed by atoms with Gasteiger partial charge in [0, 0.05) is 35.6 Å². The normalized spacial score (nSPS) is 11.8. The molecule has 1 aromatic rings. The number of rotatable bonds is 6. The predicted octanol–water partition coefficient (Wildman–Crippen LogP) is 1.94. The second-order valence-corrected chi connectivity index (χ2v) is 5.70. The van der Waals surface area contributed by atoms with Crippen LogP contribution in [0.2, 0.25) is 0 Å². The highest BCUT2D eigenvalue weighted by molar-refractivity contribution is 9.10. The lowest BCUT2D eigenvalue weighted by Crippen LogP contribution is -2.32. The van der Waals surface area contributed by atoms with E-state index in [2.05, 4.69) is 26.6 Å². The summed E-state index contributed by atoms with van der Waals surface area (Å²) in [6.07, 6.45) is 0.503. The zero-order valence-corrected chi connectivity index (χ0v) is 13.3. The fraction of sp³-hybridized carbons (Fsp3) is 0.429. The Bertz CT molecular complexity index is 489. The Labute approximate surface area is 127 Å². The molecule has 6 heteroatoms. The third-order valence-electron chi connectivity index (χ3n) is 2.66. The molecule has 4 N–H and O–H groups in total. The fourth-order valence-electron chi connectivity index (χ4n) is 1.62. The number of nitrogens with two attached hydrogens (primary N) is 1. The molecule has 0 aromatic heterocycles. The number of benzene rings is 1. The van der Waals surface area contributed by atoms with Gasteiger partial charge in [0.25, 0.3) is 0 Å². The van der Waals surface area contributed by atoms with Crippen molar-refractivity contribution in [3.05, 3.63) is 28.2 Å². The van der Waals surface area contributed by atoms with Crippen LogP contribution in [0.4, 0.5) is 5.69 Å². The zero-order valence-electron chi connectivity index (χ0n) is 11.7. The molecule has 0 bridgehead atoms. The molecule has 1 rings (SSSR count). The summed E-state index contributed by atoms with van der Waals surface area (Å²) in [5.74, 6) is -0.265. The van der Waals surface area contributed by atoms with Gasteiger partial charge in [0.05, 0.1) is 0 Å². The summed E-state index contributed by atoms with van der Waals surface area (Å²) in [5, 5.41) is 5.49. The van der Waals surface area contributed by atoms with Crippen LogP contribution in [0, 0.1) is 6.92 Å². The Balaban J connectivity index is 2.37. The summed E-state index contributed by atoms with van der Waals surface area (Å²) in [6.45, 7) is 4.00. The second-order valence-electron chi connectivity index (χ2n) is 4.79. The minimum absolute atomic E-state index is 0.132. The van der Waals surface area contributed by atoms with Crippen molar-refractivity contribution in [1.82, 2.24) is 5.32 Å². The number of aryl methyl sites for hydroxylation is 1. The van der Waals surface area contributed by atoms with Gasteiger partial charge in [-0.3, -0.25) is 9.59 Å². The van der Waals surface area contributed by atoms with Gasteiger partial charge in [0.15, 0.2) is 0 Å². The highest BCUT2D eigenvalue weighted by Gasteiger charge is 2.08. The van der Waals surface area contributed by atoms with E-state index in [1.807, 2.05) is 25.1 Å². The number of hydrogen-bond donors (Lipinski definition) is 3. The van der Waals surface area contributed by atoms with Crippen molar-refractivity contribution in [2.75, 3.05) is 11.9 Å². The van der Waals surface area contributed by atoms with E-state index in [1.54, 1.807) is 6.92 Å². The number of carbonyl (C=O) groups excluding carboxylic acids is 2. The zero-order chi connectivity index (χ0) is 15.1. The third kappa shape index (κ3) is 6.16. The first-order valence-electron chi connectivity index (χ1n) is 6.46. The number of halogens is 1. The molecule has 0 aliphatic carbocycles. The van der Waals surface area contributed by atoms with Gasteiger partial charge in [0.2, 0.25) is 11.8 Å². The molecule has 0 saturated heterocycles. The molecule has 1 aromatic carbocycles. The maximum atomic E-state index is 11.8. The number of nitrogens with one attached hydrogen (secondary N) is 2. The summed E-state index contributed by atoms with van der Waals surface area (Å²) in [6, 6.07) is 5.51. The van der Waals surface area contributed by atoms with Crippen molar-refractivity contribution in [3.8, 4) is 0 Å².